The van der Waals surface area contributed by atoms with Gasteiger partial charge in [-0.25, -0.2) is 8.42 Å². The second-order valence-electron chi connectivity index (χ2n) is 6.44. The summed E-state index contributed by atoms with van der Waals surface area (Å²) in [6.07, 6.45) is 2.34. The number of benzene rings is 2. The van der Waals surface area contributed by atoms with Gasteiger partial charge in [-0.3, -0.25) is 9.10 Å². The third-order valence-electron chi connectivity index (χ3n) is 4.56. The third-order valence-corrected chi connectivity index (χ3v) is 6.37. The Morgan fingerprint density at radius 2 is 2.00 bits per heavy atom. The van der Waals surface area contributed by atoms with E-state index in [9.17, 15) is 13.2 Å². The second-order valence-corrected chi connectivity index (χ2v) is 8.30. The standard InChI is InChI=1S/C20H24N2O4S/c1-26-14-6-12-21-20(23)17-8-4-10-18(15-17)27(24,25)22-13-5-9-16-7-2-3-11-19(16)22/h2-4,7-8,10-11,15H,5-6,9,12-14H2,1H3,(H,21,23). The van der Waals surface area contributed by atoms with Gasteiger partial charge in [0.05, 0.1) is 10.6 Å². The Labute approximate surface area is 160 Å². The summed E-state index contributed by atoms with van der Waals surface area (Å²) in [5, 5.41) is 2.78. The van der Waals surface area contributed by atoms with Gasteiger partial charge in [-0.15, -0.1) is 0 Å². The predicted octanol–water partition coefficient (Wildman–Crippen LogP) is 2.59. The number of methoxy groups -OCH3 is 1. The topological polar surface area (TPSA) is 75.7 Å². The van der Waals surface area contributed by atoms with Crippen molar-refractivity contribution < 1.29 is 17.9 Å². The molecule has 0 bridgehead atoms. The molecule has 0 unspecified atom stereocenters. The molecule has 144 valence electrons. The number of aryl methyl sites for hydroxylation is 1. The average molecular weight is 388 g/mol. The highest BCUT2D eigenvalue weighted by Crippen LogP contribution is 2.31. The van der Waals surface area contributed by atoms with Gasteiger partial charge < -0.3 is 10.1 Å². The van der Waals surface area contributed by atoms with Crippen molar-refractivity contribution in [1.82, 2.24) is 5.32 Å². The molecule has 0 aromatic heterocycles. The van der Waals surface area contributed by atoms with Crippen LogP contribution in [0.25, 0.3) is 0 Å². The van der Waals surface area contributed by atoms with Crippen LogP contribution in [0.1, 0.15) is 28.8 Å². The van der Waals surface area contributed by atoms with E-state index in [0.717, 1.165) is 24.1 Å². The van der Waals surface area contributed by atoms with Crippen LogP contribution in [-0.2, 0) is 21.2 Å². The number of anilines is 1. The minimum Gasteiger partial charge on any atom is -0.385 e. The van der Waals surface area contributed by atoms with Crippen LogP contribution in [0.2, 0.25) is 0 Å². The Balaban J connectivity index is 1.83. The number of hydrogen-bond acceptors (Lipinski definition) is 4. The predicted molar refractivity (Wildman–Crippen MR) is 105 cm³/mol. The molecule has 1 heterocycles. The van der Waals surface area contributed by atoms with Gasteiger partial charge in [-0.1, -0.05) is 24.3 Å². The number of ether oxygens (including phenoxy) is 1. The van der Waals surface area contributed by atoms with E-state index >= 15 is 0 Å². The number of para-hydroxylation sites is 1. The van der Waals surface area contributed by atoms with Crippen LogP contribution in [0.3, 0.4) is 0 Å². The first-order valence-corrected chi connectivity index (χ1v) is 10.5. The fourth-order valence-electron chi connectivity index (χ4n) is 3.19. The summed E-state index contributed by atoms with van der Waals surface area (Å²) >= 11 is 0. The fourth-order valence-corrected chi connectivity index (χ4v) is 4.78. The Morgan fingerprint density at radius 1 is 1.19 bits per heavy atom. The first-order valence-electron chi connectivity index (χ1n) is 9.02. The Bertz CT molecular complexity index is 912. The van der Waals surface area contributed by atoms with E-state index in [2.05, 4.69) is 5.32 Å². The molecule has 0 saturated carbocycles. The van der Waals surface area contributed by atoms with Crippen molar-refractivity contribution in [1.29, 1.82) is 0 Å². The maximum absolute atomic E-state index is 13.2. The molecule has 0 radical (unpaired) electrons. The lowest BCUT2D eigenvalue weighted by Crippen LogP contribution is -2.35. The summed E-state index contributed by atoms with van der Waals surface area (Å²) in [4.78, 5) is 12.4. The van der Waals surface area contributed by atoms with Crippen LogP contribution in [0.5, 0.6) is 0 Å². The molecule has 2 aromatic rings. The molecule has 27 heavy (non-hydrogen) atoms. The van der Waals surface area contributed by atoms with Gasteiger partial charge in [-0.05, 0) is 49.1 Å². The molecule has 0 atom stereocenters. The molecule has 0 fully saturated rings. The molecule has 0 aliphatic carbocycles. The first-order chi connectivity index (χ1) is 13.0. The highest BCUT2D eigenvalue weighted by molar-refractivity contribution is 7.92. The van der Waals surface area contributed by atoms with Gasteiger partial charge in [0.1, 0.15) is 0 Å². The first kappa shape index (κ1) is 19.4. The number of sulfonamides is 1. The molecule has 0 saturated heterocycles. The van der Waals surface area contributed by atoms with Crippen LogP contribution in [0.4, 0.5) is 5.69 Å². The summed E-state index contributed by atoms with van der Waals surface area (Å²) in [5.74, 6) is -0.290. The van der Waals surface area contributed by atoms with Gasteiger partial charge in [0.2, 0.25) is 0 Å². The minimum absolute atomic E-state index is 0.128. The maximum atomic E-state index is 13.2. The quantitative estimate of drug-likeness (QED) is 0.740. The van der Waals surface area contributed by atoms with Crippen LogP contribution >= 0.6 is 0 Å². The molecule has 3 rings (SSSR count). The van der Waals surface area contributed by atoms with Crippen molar-refractivity contribution in [2.75, 3.05) is 31.1 Å². The number of carbonyl (C=O) groups excluding carboxylic acids is 1. The van der Waals surface area contributed by atoms with Crippen LogP contribution in [0.15, 0.2) is 53.4 Å². The number of amides is 1. The van der Waals surface area contributed by atoms with Gasteiger partial charge in [-0.2, -0.15) is 0 Å². The van der Waals surface area contributed by atoms with Crippen LogP contribution in [-0.4, -0.2) is 41.1 Å². The lowest BCUT2D eigenvalue weighted by Gasteiger charge is -2.30. The molecule has 7 heteroatoms. The van der Waals surface area contributed by atoms with Crippen molar-refractivity contribution >= 4 is 21.6 Å². The van der Waals surface area contributed by atoms with Gasteiger partial charge in [0.15, 0.2) is 0 Å². The number of nitrogens with one attached hydrogen (secondary N) is 1. The Kier molecular flexibility index (Phi) is 6.13. The molecular weight excluding hydrogens is 364 g/mol. The molecule has 1 N–H and O–H groups in total. The Morgan fingerprint density at radius 3 is 2.81 bits per heavy atom. The monoisotopic (exact) mass is 388 g/mol. The fraction of sp³-hybridized carbons (Fsp3) is 0.350. The number of nitrogens with zero attached hydrogens (tertiary/aromatic N) is 1. The highest BCUT2D eigenvalue weighted by atomic mass is 32.2. The zero-order valence-corrected chi connectivity index (χ0v) is 16.2. The molecule has 1 aliphatic rings. The van der Waals surface area contributed by atoms with E-state index in [1.807, 2.05) is 24.3 Å². The van der Waals surface area contributed by atoms with Crippen molar-refractivity contribution in [3.8, 4) is 0 Å². The Hall–Kier alpha value is -2.38. The molecule has 1 aliphatic heterocycles. The lowest BCUT2D eigenvalue weighted by atomic mass is 10.0. The lowest BCUT2D eigenvalue weighted by molar-refractivity contribution is 0.0948. The van der Waals surface area contributed by atoms with Crippen molar-refractivity contribution in [3.63, 3.8) is 0 Å². The normalized spacial score (nSPS) is 13.9. The van der Waals surface area contributed by atoms with E-state index in [1.54, 1.807) is 19.2 Å². The minimum atomic E-state index is -3.73. The summed E-state index contributed by atoms with van der Waals surface area (Å²) in [7, 11) is -2.12. The molecular formula is C20H24N2O4S. The second kappa shape index (κ2) is 8.54. The van der Waals surface area contributed by atoms with E-state index in [4.69, 9.17) is 4.74 Å². The number of rotatable bonds is 7. The van der Waals surface area contributed by atoms with Gasteiger partial charge in [0.25, 0.3) is 15.9 Å². The van der Waals surface area contributed by atoms with Gasteiger partial charge >= 0.3 is 0 Å². The number of hydrogen-bond donors (Lipinski definition) is 1. The summed E-state index contributed by atoms with van der Waals surface area (Å²) in [6, 6.07) is 13.8. The number of fused-ring (bicyclic) bond motifs is 1. The zero-order chi connectivity index (χ0) is 19.3. The van der Waals surface area contributed by atoms with E-state index in [-0.39, 0.29) is 10.8 Å². The molecule has 1 amide bonds. The van der Waals surface area contributed by atoms with Crippen LogP contribution < -0.4 is 9.62 Å². The number of carbonyl (C=O) groups is 1. The third kappa shape index (κ3) is 4.31. The van der Waals surface area contributed by atoms with E-state index < -0.39 is 10.0 Å². The van der Waals surface area contributed by atoms with Crippen molar-refractivity contribution in [2.45, 2.75) is 24.2 Å². The summed E-state index contributed by atoms with van der Waals surface area (Å²) in [5.41, 5.74) is 2.08. The smallest absolute Gasteiger partial charge is 0.264 e. The van der Waals surface area contributed by atoms with E-state index in [0.29, 0.717) is 31.7 Å². The molecule has 2 aromatic carbocycles. The summed E-state index contributed by atoms with van der Waals surface area (Å²) in [6.45, 7) is 1.47. The molecule has 0 spiro atoms. The average Bonchev–Trinajstić information content (AvgIpc) is 2.70. The van der Waals surface area contributed by atoms with Crippen molar-refractivity contribution in [3.05, 3.63) is 59.7 Å². The van der Waals surface area contributed by atoms with E-state index in [1.165, 1.54) is 16.4 Å². The zero-order valence-electron chi connectivity index (χ0n) is 15.3. The highest BCUT2D eigenvalue weighted by Gasteiger charge is 2.29. The van der Waals surface area contributed by atoms with Crippen molar-refractivity contribution in [2.24, 2.45) is 0 Å². The summed E-state index contributed by atoms with van der Waals surface area (Å²) < 4.78 is 32.8. The van der Waals surface area contributed by atoms with Gasteiger partial charge in [0, 0.05) is 32.4 Å². The SMILES string of the molecule is COCCCNC(=O)c1cccc(S(=O)(=O)N2CCCc3ccccc32)c1. The largest absolute Gasteiger partial charge is 0.385 e. The molecule has 6 nitrogen and oxygen atoms in total. The van der Waals surface area contributed by atoms with Crippen LogP contribution in [0, 0.1) is 0 Å². The maximum Gasteiger partial charge on any atom is 0.264 e.